The predicted octanol–water partition coefficient (Wildman–Crippen LogP) is 6.41. The van der Waals surface area contributed by atoms with Crippen LogP contribution in [0.15, 0.2) is 41.5 Å². The topological polar surface area (TPSA) is 90.1 Å². The molecule has 1 atom stereocenters. The molecule has 36 heavy (non-hydrogen) atoms. The Morgan fingerprint density at radius 3 is 2.58 bits per heavy atom. The fourth-order valence-electron chi connectivity index (χ4n) is 4.60. The number of aromatic nitrogens is 4. The third-order valence-corrected chi connectivity index (χ3v) is 6.66. The molecule has 0 amide bonds. The van der Waals surface area contributed by atoms with Gasteiger partial charge < -0.3 is 9.88 Å². The molecular formula is C29H42N6O. The van der Waals surface area contributed by atoms with Crippen molar-refractivity contribution in [1.29, 1.82) is 5.41 Å². The van der Waals surface area contributed by atoms with Crippen LogP contribution in [0.1, 0.15) is 89.9 Å². The van der Waals surface area contributed by atoms with E-state index in [0.29, 0.717) is 17.2 Å². The highest BCUT2D eigenvalue weighted by molar-refractivity contribution is 6.08. The third-order valence-electron chi connectivity index (χ3n) is 6.66. The van der Waals surface area contributed by atoms with Gasteiger partial charge in [0.25, 0.3) is 5.56 Å². The van der Waals surface area contributed by atoms with Crippen molar-refractivity contribution < 1.29 is 0 Å². The molecule has 194 valence electrons. The third kappa shape index (κ3) is 7.15. The van der Waals surface area contributed by atoms with Crippen LogP contribution in [-0.4, -0.2) is 38.2 Å². The summed E-state index contributed by atoms with van der Waals surface area (Å²) < 4.78 is 1.58. The molecule has 0 aliphatic carbocycles. The minimum absolute atomic E-state index is 0.175. The Hall–Kier alpha value is -3.22. The summed E-state index contributed by atoms with van der Waals surface area (Å²) in [6.07, 6.45) is 14.5. The van der Waals surface area contributed by atoms with Crippen molar-refractivity contribution in [3.63, 3.8) is 0 Å². The van der Waals surface area contributed by atoms with E-state index in [1.54, 1.807) is 16.7 Å². The van der Waals surface area contributed by atoms with Gasteiger partial charge in [0.2, 0.25) is 0 Å². The molecule has 0 bridgehead atoms. The lowest BCUT2D eigenvalue weighted by Crippen LogP contribution is -2.22. The summed E-state index contributed by atoms with van der Waals surface area (Å²) >= 11 is 0. The number of hydrogen-bond acceptors (Lipinski definition) is 5. The van der Waals surface area contributed by atoms with Crippen LogP contribution in [0.4, 0.5) is 5.69 Å². The molecule has 7 nitrogen and oxygen atoms in total. The molecule has 0 radical (unpaired) electrons. The van der Waals surface area contributed by atoms with Gasteiger partial charge in [-0.1, -0.05) is 52.9 Å². The highest BCUT2D eigenvalue weighted by Crippen LogP contribution is 2.26. The van der Waals surface area contributed by atoms with Gasteiger partial charge in [0.1, 0.15) is 11.5 Å². The van der Waals surface area contributed by atoms with E-state index < -0.39 is 0 Å². The molecule has 1 aliphatic rings. The molecule has 0 unspecified atom stereocenters. The van der Waals surface area contributed by atoms with Crippen LogP contribution in [0, 0.1) is 18.3 Å². The molecule has 0 saturated carbocycles. The molecule has 3 aromatic heterocycles. The summed E-state index contributed by atoms with van der Waals surface area (Å²) in [5, 5.41) is 8.39. The Morgan fingerprint density at radius 1 is 1.19 bits per heavy atom. The Labute approximate surface area is 215 Å². The van der Waals surface area contributed by atoms with Gasteiger partial charge in [0.15, 0.2) is 0 Å². The number of allylic oxidation sites excluding steroid dienone is 2. The number of H-pyrrole nitrogens is 1. The number of rotatable bonds is 9. The second-order valence-corrected chi connectivity index (χ2v) is 9.85. The van der Waals surface area contributed by atoms with Crippen LogP contribution in [-0.2, 0) is 0 Å². The van der Waals surface area contributed by atoms with Gasteiger partial charge in [-0.25, -0.2) is 9.97 Å². The first kappa shape index (κ1) is 27.4. The first-order valence-electron chi connectivity index (χ1n) is 13.4. The van der Waals surface area contributed by atoms with E-state index in [0.717, 1.165) is 36.0 Å². The average Bonchev–Trinajstić information content (AvgIpc) is 3.52. The lowest BCUT2D eigenvalue weighted by atomic mass is 10.0. The normalized spacial score (nSPS) is 15.8. The molecule has 3 aromatic rings. The molecule has 2 N–H and O–H groups in total. The zero-order chi connectivity index (χ0) is 26.1. The number of fused-ring (bicyclic) bond motifs is 1. The zero-order valence-electron chi connectivity index (χ0n) is 22.6. The van der Waals surface area contributed by atoms with Gasteiger partial charge in [-0.3, -0.25) is 14.6 Å². The first-order chi connectivity index (χ1) is 17.4. The van der Waals surface area contributed by atoms with Gasteiger partial charge in [-0.15, -0.1) is 0 Å². The average molecular weight is 491 g/mol. The molecule has 4 rings (SSSR count). The van der Waals surface area contributed by atoms with Crippen LogP contribution < -0.4 is 10.5 Å². The van der Waals surface area contributed by atoms with Gasteiger partial charge in [0.05, 0.1) is 17.1 Å². The standard InChI is InChI=1S/C23H28N6O.C6H14/c1-4-5-17-8-9-28(13-17)18-6-7-21-27-20(11-22(30)29(21)14-18)19(24)10-15(2)23-25-12-16(3)26-23;1-3-5-6-4-2/h6-7,10-12,14,17,24H,4-5,8-9,13H2,1-3H3,(H,25,26);3-6H2,1-2H3/b15-10-,24-19?;/t17-;/m0./s1. The summed E-state index contributed by atoms with van der Waals surface area (Å²) in [6.45, 7) is 12.6. The second kappa shape index (κ2) is 13.2. The van der Waals surface area contributed by atoms with E-state index in [1.807, 2.05) is 32.2 Å². The Bertz CT molecular complexity index is 1230. The van der Waals surface area contributed by atoms with Gasteiger partial charge >= 0.3 is 0 Å². The molecule has 0 aromatic carbocycles. The maximum atomic E-state index is 12.8. The van der Waals surface area contributed by atoms with Gasteiger partial charge in [0, 0.05) is 37.2 Å². The number of pyridine rings is 1. The molecule has 1 fully saturated rings. The number of aryl methyl sites for hydroxylation is 1. The smallest absolute Gasteiger partial charge is 0.258 e. The monoisotopic (exact) mass is 490 g/mol. The number of nitrogens with one attached hydrogen (secondary N) is 2. The van der Waals surface area contributed by atoms with Gasteiger partial charge in [-0.05, 0) is 56.4 Å². The lowest BCUT2D eigenvalue weighted by molar-refractivity contribution is 0.530. The van der Waals surface area contributed by atoms with E-state index in [9.17, 15) is 4.79 Å². The van der Waals surface area contributed by atoms with E-state index in [4.69, 9.17) is 5.41 Å². The van der Waals surface area contributed by atoms with Gasteiger partial charge in [-0.2, -0.15) is 0 Å². The number of unbranched alkanes of at least 4 members (excludes halogenated alkanes) is 3. The zero-order valence-corrected chi connectivity index (χ0v) is 22.6. The van der Waals surface area contributed by atoms with Crippen molar-refractivity contribution in [3.05, 3.63) is 64.2 Å². The van der Waals surface area contributed by atoms with Crippen LogP contribution in [0.25, 0.3) is 11.2 Å². The molecular weight excluding hydrogens is 448 g/mol. The molecule has 4 heterocycles. The summed E-state index contributed by atoms with van der Waals surface area (Å²) in [4.78, 5) is 27.1. The molecule has 7 heteroatoms. The fourth-order valence-corrected chi connectivity index (χ4v) is 4.60. The predicted molar refractivity (Wildman–Crippen MR) is 150 cm³/mol. The summed E-state index contributed by atoms with van der Waals surface area (Å²) in [5.74, 6) is 1.45. The number of hydrogen-bond donors (Lipinski definition) is 2. The largest absolute Gasteiger partial charge is 0.370 e. The molecule has 0 spiro atoms. The van der Waals surface area contributed by atoms with E-state index >= 15 is 0 Å². The Balaban J connectivity index is 0.000000538. The summed E-state index contributed by atoms with van der Waals surface area (Å²) in [5.41, 5.74) is 3.76. The number of anilines is 1. The van der Waals surface area contributed by atoms with Crippen molar-refractivity contribution >= 4 is 22.6 Å². The van der Waals surface area contributed by atoms with Crippen molar-refractivity contribution in [3.8, 4) is 0 Å². The fraction of sp³-hybridized carbons (Fsp3) is 0.517. The highest BCUT2D eigenvalue weighted by atomic mass is 16.1. The molecule has 1 saturated heterocycles. The highest BCUT2D eigenvalue weighted by Gasteiger charge is 2.22. The van der Waals surface area contributed by atoms with Crippen LogP contribution in [0.5, 0.6) is 0 Å². The van der Waals surface area contributed by atoms with E-state index in [-0.39, 0.29) is 11.3 Å². The minimum Gasteiger partial charge on any atom is -0.370 e. The molecule has 1 aliphatic heterocycles. The van der Waals surface area contributed by atoms with Crippen molar-refractivity contribution in [2.45, 2.75) is 79.6 Å². The first-order valence-corrected chi connectivity index (χ1v) is 13.4. The second-order valence-electron chi connectivity index (χ2n) is 9.85. The maximum absolute atomic E-state index is 12.8. The SMILES string of the molecule is CCCCCC.CCC[C@H]1CCN(c2ccc3nc(C(=N)/C=C(/C)c4ncc(C)[nH]4)cc(=O)n3c2)C1. The van der Waals surface area contributed by atoms with Crippen LogP contribution >= 0.6 is 0 Å². The van der Waals surface area contributed by atoms with E-state index in [1.165, 1.54) is 51.0 Å². The number of nitrogens with zero attached hydrogens (tertiary/aromatic N) is 4. The van der Waals surface area contributed by atoms with Crippen LogP contribution in [0.2, 0.25) is 0 Å². The van der Waals surface area contributed by atoms with E-state index in [2.05, 4.69) is 40.6 Å². The number of imidazole rings is 1. The van der Waals surface area contributed by atoms with Crippen molar-refractivity contribution in [2.75, 3.05) is 18.0 Å². The quantitative estimate of drug-likeness (QED) is 0.268. The summed E-state index contributed by atoms with van der Waals surface area (Å²) in [7, 11) is 0. The van der Waals surface area contributed by atoms with Crippen LogP contribution in [0.3, 0.4) is 0 Å². The lowest BCUT2D eigenvalue weighted by Gasteiger charge is -2.19. The number of aromatic amines is 1. The maximum Gasteiger partial charge on any atom is 0.258 e. The summed E-state index contributed by atoms with van der Waals surface area (Å²) in [6, 6.07) is 5.32. The minimum atomic E-state index is -0.175. The van der Waals surface area contributed by atoms with Crippen molar-refractivity contribution in [1.82, 2.24) is 19.4 Å². The Morgan fingerprint density at radius 2 is 1.94 bits per heavy atom. The van der Waals surface area contributed by atoms with Crippen molar-refractivity contribution in [2.24, 2.45) is 5.92 Å². The Kier molecular flexibility index (Phi) is 10.0.